The van der Waals surface area contributed by atoms with Gasteiger partial charge in [-0.3, -0.25) is 4.79 Å². The van der Waals surface area contributed by atoms with Crippen LogP contribution in [0.5, 0.6) is 0 Å². The molecule has 1 N–H and O–H groups in total. The second kappa shape index (κ2) is 7.07. The number of nitrogens with one attached hydrogen (secondary N) is 1. The third kappa shape index (κ3) is 4.18. The predicted octanol–water partition coefficient (Wildman–Crippen LogP) is 2.97. The van der Waals surface area contributed by atoms with Gasteiger partial charge in [0.25, 0.3) is 5.91 Å². The minimum atomic E-state index is -3.11. The third-order valence-corrected chi connectivity index (χ3v) is 6.08. The number of carbonyl (C=O) groups is 1. The Morgan fingerprint density at radius 1 is 1.23 bits per heavy atom. The summed E-state index contributed by atoms with van der Waals surface area (Å²) in [4.78, 5) is 13.0. The Kier molecular flexibility index (Phi) is 5.37. The number of amides is 1. The number of sulfone groups is 1. The van der Waals surface area contributed by atoms with Crippen LogP contribution in [0.15, 0.2) is 41.8 Å². The molecule has 0 saturated carbocycles. The van der Waals surface area contributed by atoms with Crippen LogP contribution in [0.2, 0.25) is 0 Å². The molecule has 1 atom stereocenters. The molecule has 0 radical (unpaired) electrons. The number of thiophene rings is 1. The highest BCUT2D eigenvalue weighted by atomic mass is 32.2. The molecule has 0 aliphatic rings. The van der Waals surface area contributed by atoms with E-state index in [4.69, 9.17) is 0 Å². The molecule has 1 aromatic carbocycles. The summed E-state index contributed by atoms with van der Waals surface area (Å²) in [6.45, 7) is 3.32. The summed E-state index contributed by atoms with van der Waals surface area (Å²) in [6, 6.07) is 11.2. The van der Waals surface area contributed by atoms with Crippen molar-refractivity contribution in [2.75, 3.05) is 11.5 Å². The largest absolute Gasteiger partial charge is 0.348 e. The van der Waals surface area contributed by atoms with Crippen molar-refractivity contribution in [1.29, 1.82) is 0 Å². The molecule has 0 bridgehead atoms. The molecule has 4 nitrogen and oxygen atoms in total. The van der Waals surface area contributed by atoms with Gasteiger partial charge >= 0.3 is 0 Å². The molecule has 2 rings (SSSR count). The fourth-order valence-electron chi connectivity index (χ4n) is 2.16. The van der Waals surface area contributed by atoms with Gasteiger partial charge in [0.2, 0.25) is 0 Å². The molecular formula is C16H19NO3S2. The Hall–Kier alpha value is -1.66. The zero-order chi connectivity index (χ0) is 16.2. The van der Waals surface area contributed by atoms with Gasteiger partial charge in [0.05, 0.1) is 10.6 Å². The Bertz CT molecular complexity index is 736. The molecule has 6 heteroatoms. The molecule has 0 spiro atoms. The van der Waals surface area contributed by atoms with E-state index in [1.54, 1.807) is 13.8 Å². The molecule has 1 aromatic heterocycles. The SMILES string of the molecule is CCS(=O)(=O)C[C@@H](C)NC(=O)c1sccc1-c1ccccc1. The number of hydrogen-bond donors (Lipinski definition) is 1. The third-order valence-electron chi connectivity index (χ3n) is 3.28. The van der Waals surface area contributed by atoms with Crippen molar-refractivity contribution in [3.63, 3.8) is 0 Å². The molecule has 0 aliphatic carbocycles. The highest BCUT2D eigenvalue weighted by Gasteiger charge is 2.19. The minimum Gasteiger partial charge on any atom is -0.348 e. The van der Waals surface area contributed by atoms with Crippen molar-refractivity contribution < 1.29 is 13.2 Å². The van der Waals surface area contributed by atoms with Crippen LogP contribution in [-0.4, -0.2) is 31.9 Å². The average molecular weight is 337 g/mol. The van der Waals surface area contributed by atoms with Crippen LogP contribution in [0.25, 0.3) is 11.1 Å². The summed E-state index contributed by atoms with van der Waals surface area (Å²) in [5.74, 6) is -0.185. The van der Waals surface area contributed by atoms with Crippen LogP contribution in [0.1, 0.15) is 23.5 Å². The van der Waals surface area contributed by atoms with Gasteiger partial charge in [0, 0.05) is 17.4 Å². The van der Waals surface area contributed by atoms with E-state index in [2.05, 4.69) is 5.32 Å². The van der Waals surface area contributed by atoms with Crippen LogP contribution in [-0.2, 0) is 9.84 Å². The van der Waals surface area contributed by atoms with Gasteiger partial charge in [-0.05, 0) is 23.9 Å². The zero-order valence-electron chi connectivity index (χ0n) is 12.6. The van der Waals surface area contributed by atoms with E-state index < -0.39 is 15.9 Å². The number of hydrogen-bond acceptors (Lipinski definition) is 4. The van der Waals surface area contributed by atoms with Gasteiger partial charge in [-0.15, -0.1) is 11.3 Å². The monoisotopic (exact) mass is 337 g/mol. The first kappa shape index (κ1) is 16.7. The van der Waals surface area contributed by atoms with Crippen molar-refractivity contribution in [1.82, 2.24) is 5.32 Å². The Morgan fingerprint density at radius 3 is 2.55 bits per heavy atom. The van der Waals surface area contributed by atoms with Gasteiger partial charge in [-0.25, -0.2) is 8.42 Å². The molecule has 0 saturated heterocycles. The first-order chi connectivity index (χ1) is 10.4. The van der Waals surface area contributed by atoms with Crippen LogP contribution in [0, 0.1) is 0 Å². The van der Waals surface area contributed by atoms with Crippen molar-refractivity contribution in [3.8, 4) is 11.1 Å². The number of benzene rings is 1. The lowest BCUT2D eigenvalue weighted by Gasteiger charge is -2.13. The standard InChI is InChI=1S/C16H19NO3S2/c1-3-22(19,20)11-12(2)17-16(18)15-14(9-10-21-15)13-7-5-4-6-8-13/h4-10,12H,3,11H2,1-2H3,(H,17,18)/t12-/m1/s1. The normalized spacial score (nSPS) is 12.8. The topological polar surface area (TPSA) is 63.2 Å². The van der Waals surface area contributed by atoms with E-state index in [9.17, 15) is 13.2 Å². The van der Waals surface area contributed by atoms with Gasteiger partial charge in [-0.2, -0.15) is 0 Å². The first-order valence-electron chi connectivity index (χ1n) is 7.07. The molecule has 2 aromatic rings. The maximum absolute atomic E-state index is 12.4. The first-order valence-corrected chi connectivity index (χ1v) is 9.77. The Labute approximate surface area is 135 Å². The lowest BCUT2D eigenvalue weighted by molar-refractivity contribution is 0.0948. The lowest BCUT2D eigenvalue weighted by atomic mass is 10.1. The van der Waals surface area contributed by atoms with Crippen LogP contribution in [0.4, 0.5) is 0 Å². The van der Waals surface area contributed by atoms with E-state index in [1.807, 2.05) is 41.8 Å². The average Bonchev–Trinajstić information content (AvgIpc) is 2.97. The van der Waals surface area contributed by atoms with E-state index in [1.165, 1.54) is 11.3 Å². The summed E-state index contributed by atoms with van der Waals surface area (Å²) in [5, 5.41) is 4.64. The van der Waals surface area contributed by atoms with Gasteiger partial charge < -0.3 is 5.32 Å². The molecule has 1 amide bonds. The van der Waals surface area contributed by atoms with Gasteiger partial charge in [0.1, 0.15) is 0 Å². The predicted molar refractivity (Wildman–Crippen MR) is 91.0 cm³/mol. The van der Waals surface area contributed by atoms with Crippen molar-refractivity contribution >= 4 is 27.1 Å². The molecule has 118 valence electrons. The second-order valence-corrected chi connectivity index (χ2v) is 8.42. The lowest BCUT2D eigenvalue weighted by Crippen LogP contribution is -2.37. The quantitative estimate of drug-likeness (QED) is 0.881. The van der Waals surface area contributed by atoms with Crippen molar-refractivity contribution in [3.05, 3.63) is 46.7 Å². The molecular weight excluding hydrogens is 318 g/mol. The van der Waals surface area contributed by atoms with Crippen LogP contribution in [0.3, 0.4) is 0 Å². The molecule has 22 heavy (non-hydrogen) atoms. The number of rotatable bonds is 6. The molecule has 0 aliphatic heterocycles. The highest BCUT2D eigenvalue weighted by Crippen LogP contribution is 2.28. The molecule has 0 unspecified atom stereocenters. The van der Waals surface area contributed by atoms with Crippen molar-refractivity contribution in [2.24, 2.45) is 0 Å². The van der Waals surface area contributed by atoms with Crippen LogP contribution >= 0.6 is 11.3 Å². The van der Waals surface area contributed by atoms with Gasteiger partial charge in [-0.1, -0.05) is 37.3 Å². The fourth-order valence-corrected chi connectivity index (χ4v) is 4.06. The zero-order valence-corrected chi connectivity index (χ0v) is 14.2. The van der Waals surface area contributed by atoms with Crippen molar-refractivity contribution in [2.45, 2.75) is 19.9 Å². The summed E-state index contributed by atoms with van der Waals surface area (Å²) < 4.78 is 23.2. The maximum atomic E-state index is 12.4. The summed E-state index contributed by atoms with van der Waals surface area (Å²) in [6.07, 6.45) is 0. The van der Waals surface area contributed by atoms with E-state index >= 15 is 0 Å². The fraction of sp³-hybridized carbons (Fsp3) is 0.312. The summed E-state index contributed by atoms with van der Waals surface area (Å²) in [7, 11) is -3.11. The Morgan fingerprint density at radius 2 is 1.91 bits per heavy atom. The molecule has 0 fully saturated rings. The van der Waals surface area contributed by atoms with E-state index in [0.29, 0.717) is 4.88 Å². The number of carbonyl (C=O) groups excluding carboxylic acids is 1. The van der Waals surface area contributed by atoms with Crippen LogP contribution < -0.4 is 5.32 Å². The summed E-state index contributed by atoms with van der Waals surface area (Å²) in [5.41, 5.74) is 1.84. The maximum Gasteiger partial charge on any atom is 0.262 e. The van der Waals surface area contributed by atoms with E-state index in [0.717, 1.165) is 11.1 Å². The smallest absolute Gasteiger partial charge is 0.262 e. The van der Waals surface area contributed by atoms with E-state index in [-0.39, 0.29) is 17.4 Å². The minimum absolute atomic E-state index is 0.0404. The highest BCUT2D eigenvalue weighted by molar-refractivity contribution is 7.91. The van der Waals surface area contributed by atoms with Gasteiger partial charge in [0.15, 0.2) is 9.84 Å². The second-order valence-electron chi connectivity index (χ2n) is 5.10. The summed E-state index contributed by atoms with van der Waals surface area (Å²) >= 11 is 1.36. The Balaban J connectivity index is 2.13. The molecule has 1 heterocycles.